The van der Waals surface area contributed by atoms with Gasteiger partial charge < -0.3 is 15.2 Å². The Kier molecular flexibility index (Phi) is 8.42. The van der Waals surface area contributed by atoms with E-state index in [9.17, 15) is 13.5 Å². The molecule has 1 atom stereocenters. The first kappa shape index (κ1) is 25.5. The molecule has 10 heteroatoms. The van der Waals surface area contributed by atoms with Crippen molar-refractivity contribution in [1.82, 2.24) is 9.97 Å². The van der Waals surface area contributed by atoms with Gasteiger partial charge in [-0.05, 0) is 48.9 Å². The van der Waals surface area contributed by atoms with E-state index in [0.717, 1.165) is 5.56 Å². The highest BCUT2D eigenvalue weighted by molar-refractivity contribution is 7.98. The van der Waals surface area contributed by atoms with Crippen molar-refractivity contribution in [2.75, 3.05) is 16.6 Å². The van der Waals surface area contributed by atoms with Gasteiger partial charge in [-0.25, -0.2) is 18.4 Å². The van der Waals surface area contributed by atoms with Crippen LogP contribution in [-0.4, -0.2) is 36.1 Å². The number of para-hydroxylation sites is 1. The zero-order valence-electron chi connectivity index (χ0n) is 19.5. The second-order valence-electron chi connectivity index (χ2n) is 7.92. The van der Waals surface area contributed by atoms with Crippen molar-refractivity contribution in [3.8, 4) is 11.5 Å². The highest BCUT2D eigenvalue weighted by Crippen LogP contribution is 2.26. The van der Waals surface area contributed by atoms with Gasteiger partial charge >= 0.3 is 0 Å². The summed E-state index contributed by atoms with van der Waals surface area (Å²) in [5, 5.41) is 12.9. The number of aliphatic hydroxyl groups is 1. The van der Waals surface area contributed by atoms with E-state index in [2.05, 4.69) is 20.0 Å². The van der Waals surface area contributed by atoms with Crippen LogP contribution in [0.1, 0.15) is 12.5 Å². The first-order chi connectivity index (χ1) is 17.4. The van der Waals surface area contributed by atoms with Crippen molar-refractivity contribution in [3.63, 3.8) is 0 Å². The molecule has 0 aliphatic carbocycles. The van der Waals surface area contributed by atoms with Crippen molar-refractivity contribution < 1.29 is 18.3 Å². The van der Waals surface area contributed by atoms with E-state index >= 15 is 0 Å². The molecule has 3 N–H and O–H groups in total. The summed E-state index contributed by atoms with van der Waals surface area (Å²) in [5.74, 6) is 2.33. The Morgan fingerprint density at radius 3 is 2.17 bits per heavy atom. The van der Waals surface area contributed by atoms with Gasteiger partial charge in [-0.15, -0.1) is 0 Å². The molecule has 0 saturated heterocycles. The quantitative estimate of drug-likeness (QED) is 0.183. The zero-order chi connectivity index (χ0) is 25.4. The molecule has 0 bridgehead atoms. The maximum Gasteiger partial charge on any atom is 0.263 e. The van der Waals surface area contributed by atoms with E-state index < -0.39 is 10.0 Å². The van der Waals surface area contributed by atoms with Gasteiger partial charge in [0.2, 0.25) is 0 Å². The Balaban J connectivity index is 1.52. The fourth-order valence-electron chi connectivity index (χ4n) is 3.14. The number of anilines is 2. The highest BCUT2D eigenvalue weighted by atomic mass is 32.2. The van der Waals surface area contributed by atoms with Crippen LogP contribution in [0.25, 0.3) is 0 Å². The third-order valence-electron chi connectivity index (χ3n) is 4.94. The molecule has 0 spiro atoms. The molecule has 0 aliphatic heterocycles. The maximum absolute atomic E-state index is 13.1. The molecule has 0 amide bonds. The van der Waals surface area contributed by atoms with Crippen LogP contribution in [0.5, 0.6) is 11.5 Å². The topological polar surface area (TPSA) is 113 Å². The summed E-state index contributed by atoms with van der Waals surface area (Å²) < 4.78 is 34.4. The number of nitrogens with zero attached hydrogens (tertiary/aromatic N) is 2. The standard InChI is InChI=1S/C26H26N4O4S2/c1-19(17-31)27-24-16-25(29-26(28-24)35-18-20-8-4-2-5-9-20)30-36(32,33)23-14-12-22(13-15-23)34-21-10-6-3-7-11-21/h2-16,19,31H,17-18H2,1H3,(H2,27,28,29,30)/t19-/m1/s1. The van der Waals surface area contributed by atoms with Crippen LogP contribution in [0.2, 0.25) is 0 Å². The molecule has 1 aromatic heterocycles. The van der Waals surface area contributed by atoms with Crippen LogP contribution in [0, 0.1) is 0 Å². The lowest BCUT2D eigenvalue weighted by Crippen LogP contribution is -2.21. The van der Waals surface area contributed by atoms with Crippen molar-refractivity contribution in [2.24, 2.45) is 0 Å². The van der Waals surface area contributed by atoms with E-state index in [1.807, 2.05) is 60.7 Å². The largest absolute Gasteiger partial charge is 0.457 e. The van der Waals surface area contributed by atoms with Crippen LogP contribution < -0.4 is 14.8 Å². The minimum absolute atomic E-state index is 0.0678. The summed E-state index contributed by atoms with van der Waals surface area (Å²) in [6.45, 7) is 1.69. The molecular weight excluding hydrogens is 496 g/mol. The number of aliphatic hydroxyl groups excluding tert-OH is 1. The van der Waals surface area contributed by atoms with Crippen molar-refractivity contribution in [2.45, 2.75) is 28.8 Å². The van der Waals surface area contributed by atoms with Crippen LogP contribution >= 0.6 is 11.8 Å². The summed E-state index contributed by atoms with van der Waals surface area (Å²) in [6.07, 6.45) is 0. The van der Waals surface area contributed by atoms with Crippen LogP contribution in [-0.2, 0) is 15.8 Å². The van der Waals surface area contributed by atoms with Crippen LogP contribution in [0.3, 0.4) is 0 Å². The normalized spacial score (nSPS) is 12.1. The highest BCUT2D eigenvalue weighted by Gasteiger charge is 2.17. The van der Waals surface area contributed by atoms with Gasteiger partial charge in [-0.3, -0.25) is 4.72 Å². The van der Waals surface area contributed by atoms with Gasteiger partial charge in [0.25, 0.3) is 10.0 Å². The number of ether oxygens (including phenoxy) is 1. The first-order valence-electron chi connectivity index (χ1n) is 11.2. The fraction of sp³-hybridized carbons (Fsp3) is 0.154. The van der Waals surface area contributed by atoms with Crippen LogP contribution in [0.15, 0.2) is 101 Å². The van der Waals surface area contributed by atoms with E-state index in [1.54, 1.807) is 19.1 Å². The van der Waals surface area contributed by atoms with Crippen LogP contribution in [0.4, 0.5) is 11.6 Å². The molecule has 0 aliphatic rings. The van der Waals surface area contributed by atoms with Crippen molar-refractivity contribution in [3.05, 3.63) is 96.6 Å². The molecule has 0 unspecified atom stereocenters. The molecule has 186 valence electrons. The first-order valence-corrected chi connectivity index (χ1v) is 13.7. The van der Waals surface area contributed by atoms with Gasteiger partial charge in [-0.1, -0.05) is 60.3 Å². The summed E-state index contributed by atoms with van der Waals surface area (Å²) >= 11 is 1.39. The number of aromatic nitrogens is 2. The number of hydrogen-bond donors (Lipinski definition) is 3. The summed E-state index contributed by atoms with van der Waals surface area (Å²) in [7, 11) is -3.92. The molecule has 4 aromatic rings. The van der Waals surface area contributed by atoms with Gasteiger partial charge in [0, 0.05) is 17.9 Å². The second kappa shape index (κ2) is 11.9. The average Bonchev–Trinajstić information content (AvgIpc) is 2.88. The Morgan fingerprint density at radius 2 is 1.50 bits per heavy atom. The summed E-state index contributed by atoms with van der Waals surface area (Å²) in [4.78, 5) is 8.94. The molecule has 36 heavy (non-hydrogen) atoms. The Morgan fingerprint density at radius 1 is 0.889 bits per heavy atom. The third-order valence-corrected chi connectivity index (χ3v) is 7.23. The average molecular weight is 523 g/mol. The van der Waals surface area contributed by atoms with E-state index in [1.165, 1.54) is 30.0 Å². The number of benzene rings is 3. The maximum atomic E-state index is 13.1. The number of rotatable bonds is 11. The van der Waals surface area contributed by atoms with E-state index in [4.69, 9.17) is 4.74 Å². The number of thioether (sulfide) groups is 1. The van der Waals surface area contributed by atoms with E-state index in [0.29, 0.717) is 28.2 Å². The number of hydrogen-bond acceptors (Lipinski definition) is 8. The smallest absolute Gasteiger partial charge is 0.263 e. The number of sulfonamides is 1. The lowest BCUT2D eigenvalue weighted by molar-refractivity contribution is 0.281. The fourth-order valence-corrected chi connectivity index (χ4v) is 4.95. The lowest BCUT2D eigenvalue weighted by atomic mass is 10.2. The van der Waals surface area contributed by atoms with Crippen molar-refractivity contribution >= 4 is 33.4 Å². The predicted octanol–water partition coefficient (Wildman–Crippen LogP) is 5.15. The molecule has 4 rings (SSSR count). The van der Waals surface area contributed by atoms with Gasteiger partial charge in [-0.2, -0.15) is 0 Å². The predicted molar refractivity (Wildman–Crippen MR) is 142 cm³/mol. The molecule has 1 heterocycles. The SMILES string of the molecule is C[C@H](CO)Nc1cc(NS(=O)(=O)c2ccc(Oc3ccccc3)cc2)nc(SCc2ccccc2)n1. The molecule has 8 nitrogen and oxygen atoms in total. The Bertz CT molecular complexity index is 1370. The summed E-state index contributed by atoms with van der Waals surface area (Å²) in [5.41, 5.74) is 1.09. The van der Waals surface area contributed by atoms with Gasteiger partial charge in [0.1, 0.15) is 23.1 Å². The Hall–Kier alpha value is -3.60. The zero-order valence-corrected chi connectivity index (χ0v) is 21.2. The molecule has 0 radical (unpaired) electrons. The number of nitrogens with one attached hydrogen (secondary N) is 2. The second-order valence-corrected chi connectivity index (χ2v) is 10.5. The molecule has 3 aromatic carbocycles. The molecule has 0 fully saturated rings. The third kappa shape index (κ3) is 7.20. The minimum Gasteiger partial charge on any atom is -0.457 e. The van der Waals surface area contributed by atoms with E-state index in [-0.39, 0.29) is 23.4 Å². The molecule has 0 saturated carbocycles. The molecular formula is C26H26N4O4S2. The van der Waals surface area contributed by atoms with Gasteiger partial charge in [0.05, 0.1) is 11.5 Å². The Labute approximate surface area is 214 Å². The lowest BCUT2D eigenvalue weighted by Gasteiger charge is -2.14. The summed E-state index contributed by atoms with van der Waals surface area (Å²) in [6, 6.07) is 26.4. The monoisotopic (exact) mass is 522 g/mol. The minimum atomic E-state index is -3.92. The van der Waals surface area contributed by atoms with Gasteiger partial charge in [0.15, 0.2) is 5.16 Å². The van der Waals surface area contributed by atoms with Crippen molar-refractivity contribution in [1.29, 1.82) is 0 Å².